The first-order chi connectivity index (χ1) is 14.5. The van der Waals surface area contributed by atoms with Crippen LogP contribution in [-0.2, 0) is 16.8 Å². The first kappa shape index (κ1) is 20.3. The Hall–Kier alpha value is -3.02. The van der Waals surface area contributed by atoms with Gasteiger partial charge < -0.3 is 5.32 Å². The van der Waals surface area contributed by atoms with Gasteiger partial charge in [-0.15, -0.1) is 0 Å². The lowest BCUT2D eigenvalue weighted by molar-refractivity contribution is -0.121. The molecule has 1 aliphatic rings. The average molecular weight is 407 g/mol. The quantitative estimate of drug-likeness (QED) is 0.675. The molecule has 3 aromatic rings. The molecule has 1 saturated carbocycles. The van der Waals surface area contributed by atoms with E-state index in [1.165, 1.54) is 23.0 Å². The van der Waals surface area contributed by atoms with Crippen molar-refractivity contribution in [3.8, 4) is 0 Å². The molecule has 0 unspecified atom stereocenters. The fourth-order valence-corrected chi connectivity index (χ4v) is 4.50. The van der Waals surface area contributed by atoms with E-state index in [4.69, 9.17) is 0 Å². The smallest absolute Gasteiger partial charge is 0.261 e. The minimum Gasteiger partial charge on any atom is -0.355 e. The van der Waals surface area contributed by atoms with Crippen molar-refractivity contribution in [2.45, 2.75) is 51.0 Å². The summed E-state index contributed by atoms with van der Waals surface area (Å²) in [6.45, 7) is 2.74. The second kappa shape index (κ2) is 8.38. The number of carbonyl (C=O) groups excluding carboxylic acids is 1. The monoisotopic (exact) mass is 407 g/mol. The van der Waals surface area contributed by atoms with Gasteiger partial charge in [-0.3, -0.25) is 14.2 Å². The topological polar surface area (TPSA) is 64.0 Å². The summed E-state index contributed by atoms with van der Waals surface area (Å²) in [6, 6.07) is 12.2. The van der Waals surface area contributed by atoms with E-state index in [2.05, 4.69) is 10.3 Å². The van der Waals surface area contributed by atoms with Gasteiger partial charge in [0.15, 0.2) is 0 Å². The van der Waals surface area contributed by atoms with Crippen LogP contribution in [0.3, 0.4) is 0 Å². The minimum atomic E-state index is -0.249. The molecule has 1 aliphatic carbocycles. The lowest BCUT2D eigenvalue weighted by atomic mass is 9.79. The highest BCUT2D eigenvalue weighted by Crippen LogP contribution is 2.40. The highest BCUT2D eigenvalue weighted by Gasteiger charge is 2.35. The van der Waals surface area contributed by atoms with Crippen molar-refractivity contribution in [1.29, 1.82) is 0 Å². The molecule has 156 valence electrons. The van der Waals surface area contributed by atoms with Crippen molar-refractivity contribution in [3.05, 3.63) is 76.1 Å². The van der Waals surface area contributed by atoms with Gasteiger partial charge in [-0.2, -0.15) is 0 Å². The lowest BCUT2D eigenvalue weighted by Crippen LogP contribution is -2.39. The van der Waals surface area contributed by atoms with E-state index < -0.39 is 0 Å². The number of carbonyl (C=O) groups is 1. The number of fused-ring (bicyclic) bond motifs is 1. The first-order valence-electron chi connectivity index (χ1n) is 10.5. The Morgan fingerprint density at radius 2 is 1.90 bits per heavy atom. The number of benzene rings is 2. The summed E-state index contributed by atoms with van der Waals surface area (Å²) in [6.07, 6.45) is 5.88. The van der Waals surface area contributed by atoms with Gasteiger partial charge in [0.05, 0.1) is 17.2 Å². The fourth-order valence-electron chi connectivity index (χ4n) is 4.50. The van der Waals surface area contributed by atoms with Gasteiger partial charge in [-0.1, -0.05) is 37.1 Å². The van der Waals surface area contributed by atoms with Crippen molar-refractivity contribution in [2.75, 3.05) is 6.54 Å². The third-order valence-corrected chi connectivity index (χ3v) is 6.28. The summed E-state index contributed by atoms with van der Waals surface area (Å²) in [5.74, 6) is -0.347. The third-order valence-electron chi connectivity index (χ3n) is 6.28. The van der Waals surface area contributed by atoms with E-state index in [0.717, 1.165) is 36.8 Å². The molecular weight excluding hydrogens is 381 g/mol. The van der Waals surface area contributed by atoms with Crippen LogP contribution in [0.4, 0.5) is 4.39 Å². The molecule has 0 bridgehead atoms. The predicted molar refractivity (Wildman–Crippen MR) is 115 cm³/mol. The van der Waals surface area contributed by atoms with Crippen LogP contribution in [0.25, 0.3) is 10.9 Å². The van der Waals surface area contributed by atoms with Crippen LogP contribution in [0.2, 0.25) is 0 Å². The Morgan fingerprint density at radius 1 is 1.17 bits per heavy atom. The second-order valence-corrected chi connectivity index (χ2v) is 8.24. The molecule has 1 fully saturated rings. The predicted octanol–water partition coefficient (Wildman–Crippen LogP) is 3.86. The second-order valence-electron chi connectivity index (χ2n) is 8.24. The molecular formula is C24H26FN3O2. The lowest BCUT2D eigenvalue weighted by Gasteiger charge is -2.30. The molecule has 1 amide bonds. The number of nitrogens with one attached hydrogen (secondary N) is 1. The molecule has 1 heterocycles. The Kier molecular flexibility index (Phi) is 5.66. The van der Waals surface area contributed by atoms with Crippen LogP contribution in [0.15, 0.2) is 53.6 Å². The third kappa shape index (κ3) is 3.99. The Morgan fingerprint density at radius 3 is 2.63 bits per heavy atom. The van der Waals surface area contributed by atoms with Gasteiger partial charge in [-0.05, 0) is 49.1 Å². The van der Waals surface area contributed by atoms with Crippen molar-refractivity contribution in [1.82, 2.24) is 14.9 Å². The Balaban J connectivity index is 1.41. The molecule has 4 rings (SSSR count). The van der Waals surface area contributed by atoms with Gasteiger partial charge in [-0.25, -0.2) is 9.37 Å². The molecule has 0 spiro atoms. The van der Waals surface area contributed by atoms with Gasteiger partial charge in [0.2, 0.25) is 5.91 Å². The normalized spacial score (nSPS) is 15.4. The molecule has 1 aromatic heterocycles. The van der Waals surface area contributed by atoms with Crippen LogP contribution in [0.1, 0.15) is 43.2 Å². The zero-order valence-electron chi connectivity index (χ0n) is 17.2. The SMILES string of the molecule is Cc1cccc2c(=O)n(CCC(=O)NCC3(c4ccc(F)cc4)CCCC3)cnc12. The maximum absolute atomic E-state index is 13.3. The summed E-state index contributed by atoms with van der Waals surface area (Å²) in [5.41, 5.74) is 2.47. The number of para-hydroxylation sites is 1. The number of aromatic nitrogens is 2. The van der Waals surface area contributed by atoms with Crippen LogP contribution >= 0.6 is 0 Å². The van der Waals surface area contributed by atoms with Gasteiger partial charge in [0, 0.05) is 24.9 Å². The van der Waals surface area contributed by atoms with E-state index in [0.29, 0.717) is 17.4 Å². The largest absolute Gasteiger partial charge is 0.355 e. The molecule has 6 heteroatoms. The van der Waals surface area contributed by atoms with Gasteiger partial charge >= 0.3 is 0 Å². The number of rotatable bonds is 6. The Bertz CT molecular complexity index is 1120. The fraction of sp³-hybridized carbons (Fsp3) is 0.375. The number of amides is 1. The number of hydrogen-bond acceptors (Lipinski definition) is 3. The van der Waals surface area contributed by atoms with Crippen molar-refractivity contribution in [2.24, 2.45) is 0 Å². The zero-order valence-corrected chi connectivity index (χ0v) is 17.2. The Labute approximate surface area is 175 Å². The van der Waals surface area contributed by atoms with Crippen molar-refractivity contribution < 1.29 is 9.18 Å². The minimum absolute atomic E-state index is 0.0976. The van der Waals surface area contributed by atoms with Gasteiger partial charge in [0.1, 0.15) is 5.82 Å². The molecule has 5 nitrogen and oxygen atoms in total. The van der Waals surface area contributed by atoms with Crippen LogP contribution in [-0.4, -0.2) is 22.0 Å². The number of nitrogens with zero attached hydrogens (tertiary/aromatic N) is 2. The van der Waals surface area contributed by atoms with Gasteiger partial charge in [0.25, 0.3) is 5.56 Å². The number of hydrogen-bond donors (Lipinski definition) is 1. The van der Waals surface area contributed by atoms with Crippen LogP contribution in [0.5, 0.6) is 0 Å². The van der Waals surface area contributed by atoms with Crippen LogP contribution < -0.4 is 10.9 Å². The summed E-state index contributed by atoms with van der Waals surface area (Å²) in [5, 5.41) is 3.61. The maximum Gasteiger partial charge on any atom is 0.261 e. The first-order valence-corrected chi connectivity index (χ1v) is 10.5. The van der Waals surface area contributed by atoms with E-state index >= 15 is 0 Å². The maximum atomic E-state index is 13.3. The van der Waals surface area contributed by atoms with E-state index in [1.807, 2.05) is 31.2 Å². The molecule has 0 atom stereocenters. The summed E-state index contributed by atoms with van der Waals surface area (Å²) >= 11 is 0. The molecule has 0 radical (unpaired) electrons. The summed E-state index contributed by atoms with van der Waals surface area (Å²) < 4.78 is 14.8. The van der Waals surface area contributed by atoms with E-state index in [9.17, 15) is 14.0 Å². The highest BCUT2D eigenvalue weighted by molar-refractivity contribution is 5.80. The molecule has 0 aliphatic heterocycles. The van der Waals surface area contributed by atoms with E-state index in [1.54, 1.807) is 6.07 Å². The molecule has 30 heavy (non-hydrogen) atoms. The number of aryl methyl sites for hydroxylation is 2. The number of halogens is 1. The molecule has 0 saturated heterocycles. The van der Waals surface area contributed by atoms with Crippen molar-refractivity contribution in [3.63, 3.8) is 0 Å². The summed E-state index contributed by atoms with van der Waals surface area (Å²) in [7, 11) is 0. The van der Waals surface area contributed by atoms with E-state index in [-0.39, 0.29) is 35.7 Å². The van der Waals surface area contributed by atoms with Crippen LogP contribution in [0, 0.1) is 12.7 Å². The summed E-state index contributed by atoms with van der Waals surface area (Å²) in [4.78, 5) is 29.6. The standard InChI is InChI=1S/C24H26FN3O2/c1-17-5-4-6-20-22(17)27-16-28(23(20)30)14-11-21(29)26-15-24(12-2-3-13-24)18-7-9-19(25)10-8-18/h4-10,16H,2-3,11-15H2,1H3,(H,26,29). The average Bonchev–Trinajstić information content (AvgIpc) is 3.23. The molecule has 2 aromatic carbocycles. The highest BCUT2D eigenvalue weighted by atomic mass is 19.1. The molecule has 1 N–H and O–H groups in total. The zero-order chi connectivity index (χ0) is 21.1. The van der Waals surface area contributed by atoms with Crippen molar-refractivity contribution >= 4 is 16.8 Å².